The summed E-state index contributed by atoms with van der Waals surface area (Å²) >= 11 is 7.75. The molecule has 1 N–H and O–H groups in total. The fraction of sp³-hybridized carbons (Fsp3) is 0.158. The first-order chi connectivity index (χ1) is 14.0. The third-order valence-electron chi connectivity index (χ3n) is 4.50. The van der Waals surface area contributed by atoms with Crippen LogP contribution in [0.5, 0.6) is 5.75 Å². The summed E-state index contributed by atoms with van der Waals surface area (Å²) in [5.41, 5.74) is 2.71. The fourth-order valence-electron chi connectivity index (χ4n) is 3.08. The summed E-state index contributed by atoms with van der Waals surface area (Å²) in [6.07, 6.45) is 0. The maximum atomic E-state index is 13.0. The Bertz CT molecular complexity index is 1110. The third-order valence-corrected chi connectivity index (χ3v) is 5.70. The van der Waals surface area contributed by atoms with E-state index < -0.39 is 4.92 Å². The Kier molecular flexibility index (Phi) is 5.16. The minimum absolute atomic E-state index is 0.0155. The zero-order valence-electron chi connectivity index (χ0n) is 15.2. The van der Waals surface area contributed by atoms with Crippen molar-refractivity contribution in [1.82, 2.24) is 9.78 Å². The lowest BCUT2D eigenvalue weighted by Crippen LogP contribution is -2.17. The number of nitrogens with one attached hydrogen (secondary N) is 1. The molecule has 0 fully saturated rings. The van der Waals surface area contributed by atoms with Crippen LogP contribution in [-0.2, 0) is 11.5 Å². The molecule has 1 amide bonds. The number of nitro benzene ring substituents is 1. The number of benzene rings is 2. The number of carbonyl (C=O) groups excluding carboxylic acids is 1. The van der Waals surface area contributed by atoms with Crippen LogP contribution < -0.4 is 10.1 Å². The van der Waals surface area contributed by atoms with Crippen molar-refractivity contribution < 1.29 is 14.5 Å². The van der Waals surface area contributed by atoms with E-state index in [1.165, 1.54) is 25.3 Å². The molecule has 1 aliphatic rings. The second-order valence-corrected chi connectivity index (χ2v) is 7.67. The largest absolute Gasteiger partial charge is 0.496 e. The standard InChI is InChI=1S/C19H15ClN4O4S/c1-28-17-7-2-11(20)8-14(17)19(25)21-18-15-9-29-10-16(15)22-23(18)12-3-5-13(6-4-12)24(26)27/h2-8H,9-10H2,1H3,(H,21,25). The highest BCUT2D eigenvalue weighted by atomic mass is 35.5. The predicted octanol–water partition coefficient (Wildman–Crippen LogP) is 4.44. The van der Waals surface area contributed by atoms with Gasteiger partial charge in [0.05, 0.1) is 29.0 Å². The number of ether oxygens (including phenoxy) is 1. The Morgan fingerprint density at radius 2 is 2.03 bits per heavy atom. The molecule has 148 valence electrons. The molecule has 2 aromatic carbocycles. The van der Waals surface area contributed by atoms with E-state index >= 15 is 0 Å². The molecule has 0 aliphatic carbocycles. The number of non-ortho nitro benzene ring substituents is 1. The average Bonchev–Trinajstić information content (AvgIpc) is 3.30. The van der Waals surface area contributed by atoms with E-state index in [-0.39, 0.29) is 11.6 Å². The number of aromatic nitrogens is 2. The van der Waals surface area contributed by atoms with Crippen LogP contribution in [0.4, 0.5) is 11.5 Å². The number of methoxy groups -OCH3 is 1. The number of amides is 1. The molecule has 8 nitrogen and oxygen atoms in total. The molecule has 0 atom stereocenters. The molecule has 0 saturated carbocycles. The SMILES string of the molecule is COc1ccc(Cl)cc1C(=O)Nc1c2c(nn1-c1ccc([N+](=O)[O-])cc1)CSC2. The van der Waals surface area contributed by atoms with Crippen LogP contribution in [0, 0.1) is 10.1 Å². The van der Waals surface area contributed by atoms with Crippen molar-refractivity contribution in [2.45, 2.75) is 11.5 Å². The van der Waals surface area contributed by atoms with Crippen LogP contribution >= 0.6 is 23.4 Å². The highest BCUT2D eigenvalue weighted by Crippen LogP contribution is 2.37. The van der Waals surface area contributed by atoms with E-state index in [1.54, 1.807) is 40.7 Å². The predicted molar refractivity (Wildman–Crippen MR) is 111 cm³/mol. The van der Waals surface area contributed by atoms with Gasteiger partial charge >= 0.3 is 0 Å². The van der Waals surface area contributed by atoms with Crippen molar-refractivity contribution >= 4 is 40.8 Å². The average molecular weight is 431 g/mol. The number of hydrogen-bond acceptors (Lipinski definition) is 6. The van der Waals surface area contributed by atoms with Crippen molar-refractivity contribution in [1.29, 1.82) is 0 Å². The van der Waals surface area contributed by atoms with E-state index in [0.29, 0.717) is 33.6 Å². The molecule has 1 aliphatic heterocycles. The Labute approximate surface area is 175 Å². The molecule has 3 aromatic rings. The van der Waals surface area contributed by atoms with Gasteiger partial charge in [0, 0.05) is 34.2 Å². The van der Waals surface area contributed by atoms with Crippen molar-refractivity contribution in [2.75, 3.05) is 12.4 Å². The van der Waals surface area contributed by atoms with Crippen LogP contribution in [-0.4, -0.2) is 27.7 Å². The Morgan fingerprint density at radius 3 is 2.72 bits per heavy atom. The van der Waals surface area contributed by atoms with Gasteiger partial charge in [-0.1, -0.05) is 11.6 Å². The van der Waals surface area contributed by atoms with Gasteiger partial charge in [-0.25, -0.2) is 4.68 Å². The summed E-state index contributed by atoms with van der Waals surface area (Å²) in [6, 6.07) is 10.8. The number of rotatable bonds is 5. The third kappa shape index (κ3) is 3.66. The maximum absolute atomic E-state index is 13.0. The van der Waals surface area contributed by atoms with Gasteiger partial charge < -0.3 is 10.1 Å². The number of anilines is 1. The number of nitro groups is 1. The molecule has 10 heteroatoms. The van der Waals surface area contributed by atoms with Gasteiger partial charge in [0.1, 0.15) is 11.6 Å². The topological polar surface area (TPSA) is 99.3 Å². The molecule has 0 saturated heterocycles. The lowest BCUT2D eigenvalue weighted by Gasteiger charge is -2.13. The van der Waals surface area contributed by atoms with Gasteiger partial charge in [-0.3, -0.25) is 14.9 Å². The number of nitrogens with zero attached hydrogens (tertiary/aromatic N) is 3. The fourth-order valence-corrected chi connectivity index (χ4v) is 4.28. The molecular formula is C19H15ClN4O4S. The first-order valence-electron chi connectivity index (χ1n) is 8.56. The van der Waals surface area contributed by atoms with Gasteiger partial charge in [-0.2, -0.15) is 16.9 Å². The highest BCUT2D eigenvalue weighted by molar-refractivity contribution is 7.98. The summed E-state index contributed by atoms with van der Waals surface area (Å²) in [5, 5.41) is 18.9. The van der Waals surface area contributed by atoms with Gasteiger partial charge in [0.2, 0.25) is 0 Å². The van der Waals surface area contributed by atoms with Crippen LogP contribution in [0.15, 0.2) is 42.5 Å². The maximum Gasteiger partial charge on any atom is 0.269 e. The molecule has 0 unspecified atom stereocenters. The zero-order valence-corrected chi connectivity index (χ0v) is 16.8. The molecule has 2 heterocycles. The molecular weight excluding hydrogens is 416 g/mol. The lowest BCUT2D eigenvalue weighted by molar-refractivity contribution is -0.384. The Balaban J connectivity index is 1.73. The molecule has 0 spiro atoms. The monoisotopic (exact) mass is 430 g/mol. The first-order valence-corrected chi connectivity index (χ1v) is 10.1. The summed E-state index contributed by atoms with van der Waals surface area (Å²) in [4.78, 5) is 23.4. The van der Waals surface area contributed by atoms with E-state index in [0.717, 1.165) is 17.0 Å². The van der Waals surface area contributed by atoms with Gasteiger partial charge in [-0.15, -0.1) is 0 Å². The number of fused-ring (bicyclic) bond motifs is 1. The Morgan fingerprint density at radius 1 is 1.28 bits per heavy atom. The minimum Gasteiger partial charge on any atom is -0.496 e. The van der Waals surface area contributed by atoms with Crippen molar-refractivity contribution in [3.05, 3.63) is 74.4 Å². The number of carbonyl (C=O) groups is 1. The zero-order chi connectivity index (χ0) is 20.5. The van der Waals surface area contributed by atoms with Crippen LogP contribution in [0.25, 0.3) is 5.69 Å². The van der Waals surface area contributed by atoms with E-state index in [2.05, 4.69) is 10.4 Å². The highest BCUT2D eigenvalue weighted by Gasteiger charge is 2.26. The lowest BCUT2D eigenvalue weighted by atomic mass is 10.2. The summed E-state index contributed by atoms with van der Waals surface area (Å²) in [6.45, 7) is 0. The van der Waals surface area contributed by atoms with E-state index in [4.69, 9.17) is 16.3 Å². The number of thioether (sulfide) groups is 1. The van der Waals surface area contributed by atoms with Crippen molar-refractivity contribution in [3.8, 4) is 11.4 Å². The minimum atomic E-state index is -0.461. The number of halogens is 1. The summed E-state index contributed by atoms with van der Waals surface area (Å²) < 4.78 is 6.87. The van der Waals surface area contributed by atoms with E-state index in [1.807, 2.05) is 0 Å². The van der Waals surface area contributed by atoms with E-state index in [9.17, 15) is 14.9 Å². The second-order valence-electron chi connectivity index (χ2n) is 6.25. The molecule has 4 rings (SSSR count). The van der Waals surface area contributed by atoms with Gasteiger partial charge in [0.25, 0.3) is 11.6 Å². The van der Waals surface area contributed by atoms with Gasteiger partial charge in [-0.05, 0) is 30.3 Å². The summed E-state index contributed by atoms with van der Waals surface area (Å²) in [7, 11) is 1.48. The number of hydrogen-bond donors (Lipinski definition) is 1. The van der Waals surface area contributed by atoms with Gasteiger partial charge in [0.15, 0.2) is 0 Å². The molecule has 0 radical (unpaired) electrons. The van der Waals surface area contributed by atoms with Crippen LogP contribution in [0.2, 0.25) is 5.02 Å². The smallest absolute Gasteiger partial charge is 0.269 e. The van der Waals surface area contributed by atoms with Crippen LogP contribution in [0.1, 0.15) is 21.6 Å². The molecule has 29 heavy (non-hydrogen) atoms. The molecule has 1 aromatic heterocycles. The second kappa shape index (κ2) is 7.76. The molecule has 0 bridgehead atoms. The Hall–Kier alpha value is -3.04. The first kappa shape index (κ1) is 19.3. The van der Waals surface area contributed by atoms with Crippen molar-refractivity contribution in [3.63, 3.8) is 0 Å². The summed E-state index contributed by atoms with van der Waals surface area (Å²) in [5.74, 6) is 2.00. The van der Waals surface area contributed by atoms with Crippen LogP contribution in [0.3, 0.4) is 0 Å². The van der Waals surface area contributed by atoms with Crippen molar-refractivity contribution in [2.24, 2.45) is 0 Å². The normalized spacial score (nSPS) is 12.5. The quantitative estimate of drug-likeness (QED) is 0.474.